The molecule has 28 heavy (non-hydrogen) atoms. The second kappa shape index (κ2) is 8.56. The highest BCUT2D eigenvalue weighted by Crippen LogP contribution is 2.28. The highest BCUT2D eigenvalue weighted by molar-refractivity contribution is 6.30. The summed E-state index contributed by atoms with van der Waals surface area (Å²) in [4.78, 5) is 10.6. The Morgan fingerprint density at radius 3 is 2.54 bits per heavy atom. The lowest BCUT2D eigenvalue weighted by Crippen LogP contribution is -2.32. The molecule has 0 spiro atoms. The molecule has 1 aliphatic rings. The summed E-state index contributed by atoms with van der Waals surface area (Å²) in [6.07, 6.45) is 0.444. The zero-order valence-corrected chi connectivity index (χ0v) is 15.9. The normalized spacial score (nSPS) is 16.2. The van der Waals surface area contributed by atoms with E-state index in [4.69, 9.17) is 21.4 Å². The fraction of sp³-hybridized carbons (Fsp3) is 0.300. The highest BCUT2D eigenvalue weighted by Gasteiger charge is 2.27. The molecule has 0 aliphatic carbocycles. The van der Waals surface area contributed by atoms with Crippen LogP contribution in [0, 0.1) is 11.6 Å². The average molecular weight is 409 g/mol. The number of carboxylic acid groups (broad SMARTS) is 1. The third-order valence-corrected chi connectivity index (χ3v) is 4.60. The zero-order valence-electron chi connectivity index (χ0n) is 15.2. The van der Waals surface area contributed by atoms with Gasteiger partial charge in [0.15, 0.2) is 17.4 Å². The van der Waals surface area contributed by atoms with Crippen molar-refractivity contribution in [2.24, 2.45) is 5.10 Å². The van der Waals surface area contributed by atoms with Crippen LogP contribution in [-0.2, 0) is 11.2 Å². The van der Waals surface area contributed by atoms with Crippen molar-refractivity contribution in [1.29, 1.82) is 0 Å². The van der Waals surface area contributed by atoms with Crippen molar-refractivity contribution in [3.63, 3.8) is 0 Å². The number of benzene rings is 2. The van der Waals surface area contributed by atoms with E-state index in [-0.39, 0.29) is 31.1 Å². The van der Waals surface area contributed by atoms with Gasteiger partial charge in [0.1, 0.15) is 6.61 Å². The molecule has 2 aromatic carbocycles. The van der Waals surface area contributed by atoms with Gasteiger partial charge in [-0.25, -0.2) is 8.78 Å². The Morgan fingerprint density at radius 2 is 1.93 bits per heavy atom. The van der Waals surface area contributed by atoms with Crippen LogP contribution in [0.25, 0.3) is 0 Å². The molecule has 3 rings (SSSR count). The molecule has 1 unspecified atom stereocenters. The van der Waals surface area contributed by atoms with Crippen molar-refractivity contribution in [3.05, 3.63) is 58.6 Å². The van der Waals surface area contributed by atoms with E-state index in [2.05, 4.69) is 5.10 Å². The molecule has 2 aromatic rings. The maximum absolute atomic E-state index is 14.3. The van der Waals surface area contributed by atoms with Gasteiger partial charge in [0.25, 0.3) is 0 Å². The Bertz CT molecular complexity index is 880. The van der Waals surface area contributed by atoms with Gasteiger partial charge in [-0.2, -0.15) is 5.10 Å². The summed E-state index contributed by atoms with van der Waals surface area (Å²) in [6, 6.07) is 9.11. The Balaban J connectivity index is 1.70. The molecule has 0 saturated heterocycles. The summed E-state index contributed by atoms with van der Waals surface area (Å²) in [5.74, 6) is -3.21. The molecule has 8 heteroatoms. The molecule has 0 radical (unpaired) electrons. The smallest absolute Gasteiger partial charge is 0.303 e. The number of carbonyl (C=O) groups is 1. The van der Waals surface area contributed by atoms with Gasteiger partial charge in [-0.3, -0.25) is 9.80 Å². The zero-order chi connectivity index (χ0) is 20.3. The molecule has 0 saturated carbocycles. The minimum atomic E-state index is -1.03. The Hall–Kier alpha value is -2.67. The van der Waals surface area contributed by atoms with Crippen LogP contribution < -0.4 is 9.75 Å². The SMILES string of the molecule is CC1=NN(c2ccc(Cl)cc2)C(COc2c(F)cc(CCC(=O)O)cc2F)C1. The van der Waals surface area contributed by atoms with E-state index < -0.39 is 23.4 Å². The van der Waals surface area contributed by atoms with Crippen LogP contribution in [0.4, 0.5) is 14.5 Å². The molecule has 1 heterocycles. The minimum Gasteiger partial charge on any atom is -0.485 e. The van der Waals surface area contributed by atoms with Crippen molar-refractivity contribution in [3.8, 4) is 5.75 Å². The van der Waals surface area contributed by atoms with Gasteiger partial charge < -0.3 is 9.84 Å². The molecular weight excluding hydrogens is 390 g/mol. The van der Waals surface area contributed by atoms with Crippen molar-refractivity contribution in [2.45, 2.75) is 32.2 Å². The molecular formula is C20H19ClF2N2O3. The van der Waals surface area contributed by atoms with E-state index in [9.17, 15) is 13.6 Å². The summed E-state index contributed by atoms with van der Waals surface area (Å²) in [7, 11) is 0. The number of hydrogen-bond acceptors (Lipinski definition) is 4. The molecule has 5 nitrogen and oxygen atoms in total. The molecule has 1 atom stereocenters. The number of carboxylic acids is 1. The van der Waals surface area contributed by atoms with E-state index in [0.29, 0.717) is 11.4 Å². The molecule has 1 N–H and O–H groups in total. The van der Waals surface area contributed by atoms with Crippen LogP contribution in [0.15, 0.2) is 41.5 Å². The predicted molar refractivity (Wildman–Crippen MR) is 103 cm³/mol. The molecule has 148 valence electrons. The van der Waals surface area contributed by atoms with E-state index >= 15 is 0 Å². The van der Waals surface area contributed by atoms with Gasteiger partial charge in [-0.15, -0.1) is 0 Å². The van der Waals surface area contributed by atoms with E-state index in [0.717, 1.165) is 23.5 Å². The van der Waals surface area contributed by atoms with Gasteiger partial charge in [0.2, 0.25) is 0 Å². The van der Waals surface area contributed by atoms with Crippen molar-refractivity contribution in [1.82, 2.24) is 0 Å². The van der Waals surface area contributed by atoms with Gasteiger partial charge >= 0.3 is 5.97 Å². The fourth-order valence-electron chi connectivity index (χ4n) is 3.05. The average Bonchev–Trinajstić information content (AvgIpc) is 3.00. The first-order valence-electron chi connectivity index (χ1n) is 8.75. The first-order chi connectivity index (χ1) is 13.3. The largest absolute Gasteiger partial charge is 0.485 e. The van der Waals surface area contributed by atoms with Crippen molar-refractivity contribution in [2.75, 3.05) is 11.6 Å². The predicted octanol–water partition coefficient (Wildman–Crippen LogP) is 4.67. The maximum atomic E-state index is 14.3. The quantitative estimate of drug-likeness (QED) is 0.723. The third-order valence-electron chi connectivity index (χ3n) is 4.35. The number of aliphatic carboxylic acids is 1. The lowest BCUT2D eigenvalue weighted by molar-refractivity contribution is -0.136. The van der Waals surface area contributed by atoms with E-state index in [1.54, 1.807) is 17.1 Å². The Labute approximate surface area is 166 Å². The number of aryl methyl sites for hydroxylation is 1. The number of anilines is 1. The standard InChI is InChI=1S/C20H19ClF2N2O3/c1-12-8-16(25(24-12)15-5-3-14(21)4-6-15)11-28-20-17(22)9-13(10-18(20)23)2-7-19(26)27/h3-6,9-10,16H,2,7-8,11H2,1H3,(H,26,27). The van der Waals surface area contributed by atoms with Crippen LogP contribution in [0.1, 0.15) is 25.3 Å². The highest BCUT2D eigenvalue weighted by atomic mass is 35.5. The first kappa shape index (κ1) is 20.1. The summed E-state index contributed by atoms with van der Waals surface area (Å²) in [5.41, 5.74) is 1.96. The molecule has 0 bridgehead atoms. The summed E-state index contributed by atoms with van der Waals surface area (Å²) >= 11 is 5.92. The number of rotatable bonds is 7. The van der Waals surface area contributed by atoms with Gasteiger partial charge in [-0.1, -0.05) is 11.6 Å². The van der Waals surface area contributed by atoms with Crippen molar-refractivity contribution >= 4 is 29.0 Å². The van der Waals surface area contributed by atoms with Gasteiger partial charge in [0, 0.05) is 23.6 Å². The second-order valence-corrected chi connectivity index (χ2v) is 7.04. The number of hydrazone groups is 1. The van der Waals surface area contributed by atoms with Crippen LogP contribution >= 0.6 is 11.6 Å². The number of halogens is 3. The Morgan fingerprint density at radius 1 is 1.29 bits per heavy atom. The summed E-state index contributed by atoms with van der Waals surface area (Å²) < 4.78 is 34.0. The summed E-state index contributed by atoms with van der Waals surface area (Å²) in [5, 5.41) is 15.5. The van der Waals surface area contributed by atoms with Crippen LogP contribution in [0.2, 0.25) is 5.02 Å². The van der Waals surface area contributed by atoms with E-state index in [1.807, 2.05) is 19.1 Å². The van der Waals surface area contributed by atoms with E-state index in [1.165, 1.54) is 0 Å². The third kappa shape index (κ3) is 4.78. The number of nitrogens with zero attached hydrogens (tertiary/aromatic N) is 2. The van der Waals surface area contributed by atoms with Crippen LogP contribution in [0.3, 0.4) is 0 Å². The maximum Gasteiger partial charge on any atom is 0.303 e. The molecule has 0 fully saturated rings. The monoisotopic (exact) mass is 408 g/mol. The lowest BCUT2D eigenvalue weighted by atomic mass is 10.1. The second-order valence-electron chi connectivity index (χ2n) is 6.61. The molecule has 1 aliphatic heterocycles. The fourth-order valence-corrected chi connectivity index (χ4v) is 3.18. The summed E-state index contributed by atoms with van der Waals surface area (Å²) in [6.45, 7) is 1.91. The van der Waals surface area contributed by atoms with Crippen molar-refractivity contribution < 1.29 is 23.4 Å². The number of hydrogen-bond donors (Lipinski definition) is 1. The minimum absolute atomic E-state index is 0.0335. The number of ether oxygens (including phenoxy) is 1. The Kier molecular flexibility index (Phi) is 6.14. The van der Waals surface area contributed by atoms with Gasteiger partial charge in [-0.05, 0) is 55.3 Å². The lowest BCUT2D eigenvalue weighted by Gasteiger charge is -2.24. The van der Waals surface area contributed by atoms with Crippen LogP contribution in [0.5, 0.6) is 5.75 Å². The van der Waals surface area contributed by atoms with Crippen LogP contribution in [-0.4, -0.2) is 29.4 Å². The molecule has 0 amide bonds. The topological polar surface area (TPSA) is 62.1 Å². The van der Waals surface area contributed by atoms with Gasteiger partial charge in [0.05, 0.1) is 11.7 Å². The molecule has 0 aromatic heterocycles. The first-order valence-corrected chi connectivity index (χ1v) is 9.12.